The number of nitrogens with one attached hydrogen (secondary N) is 1. The Labute approximate surface area is 182 Å². The summed E-state index contributed by atoms with van der Waals surface area (Å²) < 4.78 is 24.9. The number of methoxy groups -OCH3 is 1. The average Bonchev–Trinajstić information content (AvgIpc) is 2.73. The fourth-order valence-corrected chi connectivity index (χ4v) is 3.94. The minimum absolute atomic E-state index is 0.00904. The van der Waals surface area contributed by atoms with Gasteiger partial charge in [0.25, 0.3) is 0 Å². The third-order valence-electron chi connectivity index (χ3n) is 5.39. The Hall–Kier alpha value is -2.71. The molecule has 2 atom stereocenters. The molecule has 170 valence electrons. The van der Waals surface area contributed by atoms with Crippen molar-refractivity contribution < 1.29 is 23.5 Å². The topological polar surface area (TPSA) is 93.7 Å². The van der Waals surface area contributed by atoms with Gasteiger partial charge in [-0.15, -0.1) is 0 Å². The standard InChI is InChI=1S/C22H31FN4O4/c1-22(2,3)31-21(29)27-10-6-8-15(13-27)18-17(23)12-24-20(26-18)25-16-9-5-7-14(11-16)19(28)30-4/h8,12,14,16H,5-7,9-11,13H2,1-4H3,(H,24,25,26)/t14-,16+/m1/s1. The number of hydrogen-bond acceptors (Lipinski definition) is 7. The average molecular weight is 435 g/mol. The van der Waals surface area contributed by atoms with Crippen LogP contribution in [0.15, 0.2) is 12.3 Å². The smallest absolute Gasteiger partial charge is 0.410 e. The van der Waals surface area contributed by atoms with Crippen LogP contribution in [-0.4, -0.2) is 58.8 Å². The highest BCUT2D eigenvalue weighted by Gasteiger charge is 2.29. The summed E-state index contributed by atoms with van der Waals surface area (Å²) in [5.41, 5.74) is 0.194. The van der Waals surface area contributed by atoms with Gasteiger partial charge in [-0.1, -0.05) is 12.5 Å². The van der Waals surface area contributed by atoms with E-state index in [1.54, 1.807) is 4.90 Å². The lowest BCUT2D eigenvalue weighted by molar-refractivity contribution is -0.146. The maximum absolute atomic E-state index is 14.6. The lowest BCUT2D eigenvalue weighted by atomic mass is 9.86. The molecule has 8 nitrogen and oxygen atoms in total. The van der Waals surface area contributed by atoms with Crippen molar-refractivity contribution >= 4 is 23.6 Å². The number of halogens is 1. The summed E-state index contributed by atoms with van der Waals surface area (Å²) in [6.45, 7) is 6.15. The molecule has 1 aromatic heterocycles. The van der Waals surface area contributed by atoms with Crippen LogP contribution in [0.5, 0.6) is 0 Å². The van der Waals surface area contributed by atoms with Crippen molar-refractivity contribution in [3.8, 4) is 0 Å². The molecule has 0 unspecified atom stereocenters. The Kier molecular flexibility index (Phi) is 7.12. The Morgan fingerprint density at radius 3 is 2.77 bits per heavy atom. The molecule has 2 heterocycles. The number of rotatable bonds is 4. The summed E-state index contributed by atoms with van der Waals surface area (Å²) in [6, 6.07) is 0.00904. The second-order valence-corrected chi connectivity index (χ2v) is 9.04. The number of amides is 1. The quantitative estimate of drug-likeness (QED) is 0.721. The summed E-state index contributed by atoms with van der Waals surface area (Å²) in [5, 5.41) is 3.23. The zero-order valence-corrected chi connectivity index (χ0v) is 18.6. The van der Waals surface area contributed by atoms with E-state index in [1.807, 2.05) is 26.8 Å². The van der Waals surface area contributed by atoms with Crippen LogP contribution in [0.1, 0.15) is 58.6 Å². The number of anilines is 1. The molecule has 9 heteroatoms. The molecular weight excluding hydrogens is 403 g/mol. The van der Waals surface area contributed by atoms with Gasteiger partial charge in [0.15, 0.2) is 5.82 Å². The summed E-state index contributed by atoms with van der Waals surface area (Å²) in [6.07, 6.45) is 6.38. The summed E-state index contributed by atoms with van der Waals surface area (Å²) in [5.74, 6) is -0.595. The second-order valence-electron chi connectivity index (χ2n) is 9.04. The van der Waals surface area contributed by atoms with Crippen molar-refractivity contribution in [3.63, 3.8) is 0 Å². The van der Waals surface area contributed by atoms with E-state index in [4.69, 9.17) is 9.47 Å². The molecule has 1 aliphatic heterocycles. The predicted molar refractivity (Wildman–Crippen MR) is 114 cm³/mol. The van der Waals surface area contributed by atoms with Gasteiger partial charge in [0.2, 0.25) is 5.95 Å². The molecule has 31 heavy (non-hydrogen) atoms. The van der Waals surface area contributed by atoms with Gasteiger partial charge in [-0.25, -0.2) is 19.2 Å². The van der Waals surface area contributed by atoms with Crippen LogP contribution >= 0.6 is 0 Å². The number of aromatic nitrogens is 2. The first kappa shape index (κ1) is 23.0. The van der Waals surface area contributed by atoms with Crippen molar-refractivity contribution in [1.82, 2.24) is 14.9 Å². The van der Waals surface area contributed by atoms with Crippen molar-refractivity contribution in [3.05, 3.63) is 23.8 Å². The zero-order chi connectivity index (χ0) is 22.6. The minimum atomic E-state index is -0.599. The van der Waals surface area contributed by atoms with Gasteiger partial charge in [-0.05, 0) is 52.0 Å². The lowest BCUT2D eigenvalue weighted by Crippen LogP contribution is -2.39. The summed E-state index contributed by atoms with van der Waals surface area (Å²) in [4.78, 5) is 34.3. The Morgan fingerprint density at radius 2 is 2.06 bits per heavy atom. The van der Waals surface area contributed by atoms with Crippen molar-refractivity contribution in [2.75, 3.05) is 25.5 Å². The van der Waals surface area contributed by atoms with Crippen molar-refractivity contribution in [1.29, 1.82) is 0 Å². The highest BCUT2D eigenvalue weighted by molar-refractivity contribution is 5.75. The summed E-state index contributed by atoms with van der Waals surface area (Å²) >= 11 is 0. The van der Waals surface area contributed by atoms with Crippen LogP contribution in [0.2, 0.25) is 0 Å². The van der Waals surface area contributed by atoms with Gasteiger partial charge in [0.1, 0.15) is 11.3 Å². The first-order valence-electron chi connectivity index (χ1n) is 10.7. The Bertz CT molecular complexity index is 852. The highest BCUT2D eigenvalue weighted by atomic mass is 19.1. The molecule has 0 spiro atoms. The van der Waals surface area contributed by atoms with Gasteiger partial charge in [-0.2, -0.15) is 0 Å². The molecule has 1 amide bonds. The van der Waals surface area contributed by atoms with Gasteiger partial charge >= 0.3 is 12.1 Å². The van der Waals surface area contributed by atoms with Crippen molar-refractivity contribution in [2.24, 2.45) is 5.92 Å². The largest absolute Gasteiger partial charge is 0.469 e. The maximum atomic E-state index is 14.6. The predicted octanol–water partition coefficient (Wildman–Crippen LogP) is 3.78. The number of esters is 1. The first-order chi connectivity index (χ1) is 14.7. The van der Waals surface area contributed by atoms with E-state index in [0.717, 1.165) is 25.5 Å². The van der Waals surface area contributed by atoms with E-state index < -0.39 is 17.5 Å². The van der Waals surface area contributed by atoms with E-state index in [0.29, 0.717) is 30.9 Å². The van der Waals surface area contributed by atoms with Gasteiger partial charge in [-0.3, -0.25) is 4.79 Å². The van der Waals surface area contributed by atoms with E-state index in [1.165, 1.54) is 7.11 Å². The molecule has 2 aliphatic rings. The van der Waals surface area contributed by atoms with E-state index in [-0.39, 0.29) is 30.2 Å². The second kappa shape index (κ2) is 9.62. The zero-order valence-electron chi connectivity index (χ0n) is 18.6. The van der Waals surface area contributed by atoms with Crippen LogP contribution < -0.4 is 5.32 Å². The molecule has 3 rings (SSSR count). The Balaban J connectivity index is 1.70. The van der Waals surface area contributed by atoms with E-state index >= 15 is 0 Å². The van der Waals surface area contributed by atoms with Gasteiger partial charge < -0.3 is 19.7 Å². The molecule has 0 radical (unpaired) electrons. The van der Waals surface area contributed by atoms with Crippen LogP contribution in [0, 0.1) is 11.7 Å². The number of hydrogen-bond donors (Lipinski definition) is 1. The molecule has 1 aromatic rings. The van der Waals surface area contributed by atoms with Crippen LogP contribution in [0.25, 0.3) is 5.57 Å². The SMILES string of the molecule is COC(=O)[C@@H]1CCC[C@H](Nc2ncc(F)c(C3=CCCN(C(=O)OC(C)(C)C)C3)n2)C1. The monoisotopic (exact) mass is 434 g/mol. The normalized spacial score (nSPS) is 21.8. The third-order valence-corrected chi connectivity index (χ3v) is 5.39. The third kappa shape index (κ3) is 6.15. The van der Waals surface area contributed by atoms with Crippen LogP contribution in [-0.2, 0) is 14.3 Å². The molecule has 1 saturated carbocycles. The lowest BCUT2D eigenvalue weighted by Gasteiger charge is -2.30. The van der Waals surface area contributed by atoms with Crippen LogP contribution in [0.4, 0.5) is 15.1 Å². The molecule has 1 N–H and O–H groups in total. The van der Waals surface area contributed by atoms with E-state index in [9.17, 15) is 14.0 Å². The fraction of sp³-hybridized carbons (Fsp3) is 0.636. The summed E-state index contributed by atoms with van der Waals surface area (Å²) in [7, 11) is 1.40. The molecule has 0 aromatic carbocycles. The number of carbonyl (C=O) groups excluding carboxylic acids is 2. The first-order valence-corrected chi connectivity index (χ1v) is 10.7. The fourth-order valence-electron chi connectivity index (χ4n) is 3.94. The molecule has 0 bridgehead atoms. The highest BCUT2D eigenvalue weighted by Crippen LogP contribution is 2.28. The van der Waals surface area contributed by atoms with Gasteiger partial charge in [0.05, 0.1) is 25.8 Å². The Morgan fingerprint density at radius 1 is 1.29 bits per heavy atom. The van der Waals surface area contributed by atoms with E-state index in [2.05, 4.69) is 15.3 Å². The maximum Gasteiger partial charge on any atom is 0.410 e. The number of carbonyl (C=O) groups is 2. The van der Waals surface area contributed by atoms with Crippen LogP contribution in [0.3, 0.4) is 0 Å². The molecular formula is C22H31FN4O4. The number of nitrogens with zero attached hydrogens (tertiary/aromatic N) is 3. The molecule has 0 saturated heterocycles. The van der Waals surface area contributed by atoms with Crippen molar-refractivity contribution in [2.45, 2.75) is 64.5 Å². The minimum Gasteiger partial charge on any atom is -0.469 e. The molecule has 1 aliphatic carbocycles. The number of ether oxygens (including phenoxy) is 2. The molecule has 1 fully saturated rings. The van der Waals surface area contributed by atoms with Gasteiger partial charge in [0, 0.05) is 12.6 Å².